The second-order valence-corrected chi connectivity index (χ2v) is 6.69. The number of benzene rings is 1. The molecule has 0 saturated heterocycles. The molecular formula is C16H23BrN2O. The highest BCUT2D eigenvalue weighted by Gasteiger charge is 2.26. The fraction of sp³-hybridized carbons (Fsp3) is 0.562. The highest BCUT2D eigenvalue weighted by atomic mass is 79.9. The largest absolute Gasteiger partial charge is 0.399 e. The van der Waals surface area contributed by atoms with E-state index in [2.05, 4.69) is 22.9 Å². The highest BCUT2D eigenvalue weighted by molar-refractivity contribution is 9.10. The van der Waals surface area contributed by atoms with Gasteiger partial charge in [-0.25, -0.2) is 0 Å². The van der Waals surface area contributed by atoms with Crippen LogP contribution < -0.4 is 5.73 Å². The van der Waals surface area contributed by atoms with Crippen LogP contribution in [0.5, 0.6) is 0 Å². The summed E-state index contributed by atoms with van der Waals surface area (Å²) in [5, 5.41) is 0. The Morgan fingerprint density at radius 2 is 1.95 bits per heavy atom. The van der Waals surface area contributed by atoms with Gasteiger partial charge in [-0.05, 0) is 49.8 Å². The molecule has 1 amide bonds. The third-order valence-electron chi connectivity index (χ3n) is 4.43. The van der Waals surface area contributed by atoms with Gasteiger partial charge in [0, 0.05) is 28.8 Å². The van der Waals surface area contributed by atoms with E-state index in [1.165, 1.54) is 19.3 Å². The first-order valence-electron chi connectivity index (χ1n) is 7.34. The Hall–Kier alpha value is -1.03. The molecule has 2 rings (SSSR count). The Morgan fingerprint density at radius 3 is 2.50 bits per heavy atom. The smallest absolute Gasteiger partial charge is 0.253 e. The van der Waals surface area contributed by atoms with Gasteiger partial charge in [-0.15, -0.1) is 0 Å². The van der Waals surface area contributed by atoms with Gasteiger partial charge in [-0.1, -0.05) is 29.3 Å². The van der Waals surface area contributed by atoms with Gasteiger partial charge in [0.1, 0.15) is 0 Å². The van der Waals surface area contributed by atoms with Crippen molar-refractivity contribution in [3.05, 3.63) is 28.2 Å². The van der Waals surface area contributed by atoms with Crippen molar-refractivity contribution in [1.82, 2.24) is 4.90 Å². The molecular weight excluding hydrogens is 316 g/mol. The summed E-state index contributed by atoms with van der Waals surface area (Å²) in [4.78, 5) is 14.4. The summed E-state index contributed by atoms with van der Waals surface area (Å²) in [5.41, 5.74) is 7.09. The van der Waals surface area contributed by atoms with Crippen LogP contribution in [0.1, 0.15) is 49.4 Å². The number of hydrogen-bond acceptors (Lipinski definition) is 2. The van der Waals surface area contributed by atoms with Crippen LogP contribution in [0.4, 0.5) is 5.69 Å². The molecule has 1 aromatic carbocycles. The van der Waals surface area contributed by atoms with E-state index in [1.54, 1.807) is 6.07 Å². The summed E-state index contributed by atoms with van der Waals surface area (Å²) in [7, 11) is 1.91. The fourth-order valence-corrected chi connectivity index (χ4v) is 3.56. The summed E-state index contributed by atoms with van der Waals surface area (Å²) in [6.07, 6.45) is 5.96. The summed E-state index contributed by atoms with van der Waals surface area (Å²) in [6, 6.07) is 5.77. The lowest BCUT2D eigenvalue weighted by Crippen LogP contribution is -2.39. The van der Waals surface area contributed by atoms with E-state index in [9.17, 15) is 4.79 Å². The average Bonchev–Trinajstić information content (AvgIpc) is 2.45. The van der Waals surface area contributed by atoms with Crippen molar-refractivity contribution < 1.29 is 4.79 Å². The minimum Gasteiger partial charge on any atom is -0.399 e. The molecule has 0 unspecified atom stereocenters. The number of carbonyl (C=O) groups is 1. The van der Waals surface area contributed by atoms with Crippen molar-refractivity contribution >= 4 is 27.5 Å². The molecule has 3 nitrogen and oxygen atoms in total. The number of nitrogen functional groups attached to an aromatic ring is 1. The second-order valence-electron chi connectivity index (χ2n) is 5.77. The lowest BCUT2D eigenvalue weighted by Gasteiger charge is -2.34. The standard InChI is InChI=1S/C16H23BrN2O/c1-3-11-4-6-15(7-5-11)19(2)16(20)12-8-13(17)10-14(18)9-12/h8-11,15H,3-7,18H2,1-2H3. The van der Waals surface area contributed by atoms with Crippen molar-refractivity contribution in [2.24, 2.45) is 5.92 Å². The Labute approximate surface area is 129 Å². The lowest BCUT2D eigenvalue weighted by atomic mass is 9.84. The molecule has 110 valence electrons. The maximum Gasteiger partial charge on any atom is 0.253 e. The molecule has 2 N–H and O–H groups in total. The van der Waals surface area contributed by atoms with Crippen LogP contribution in [0.2, 0.25) is 0 Å². The van der Waals surface area contributed by atoms with E-state index in [1.807, 2.05) is 24.1 Å². The number of hydrogen-bond donors (Lipinski definition) is 1. The van der Waals surface area contributed by atoms with Crippen LogP contribution >= 0.6 is 15.9 Å². The first-order chi connectivity index (χ1) is 9.51. The fourth-order valence-electron chi connectivity index (χ4n) is 3.05. The number of anilines is 1. The van der Waals surface area contributed by atoms with E-state index in [0.29, 0.717) is 17.3 Å². The van der Waals surface area contributed by atoms with Crippen molar-refractivity contribution in [2.45, 2.75) is 45.1 Å². The molecule has 1 aliphatic rings. The normalized spacial score (nSPS) is 22.6. The number of halogens is 1. The summed E-state index contributed by atoms with van der Waals surface area (Å²) in [6.45, 7) is 2.25. The maximum absolute atomic E-state index is 12.5. The van der Waals surface area contributed by atoms with Crippen LogP contribution in [-0.4, -0.2) is 23.9 Å². The van der Waals surface area contributed by atoms with Gasteiger partial charge in [0.15, 0.2) is 0 Å². The minimum absolute atomic E-state index is 0.0675. The van der Waals surface area contributed by atoms with Gasteiger partial charge in [0.2, 0.25) is 0 Å². The molecule has 0 radical (unpaired) electrons. The topological polar surface area (TPSA) is 46.3 Å². The molecule has 0 aromatic heterocycles. The monoisotopic (exact) mass is 338 g/mol. The summed E-state index contributed by atoms with van der Waals surface area (Å²) >= 11 is 3.39. The molecule has 0 atom stereocenters. The highest BCUT2D eigenvalue weighted by Crippen LogP contribution is 2.30. The molecule has 0 bridgehead atoms. The van der Waals surface area contributed by atoms with Crippen molar-refractivity contribution in [3.8, 4) is 0 Å². The SMILES string of the molecule is CCC1CCC(N(C)C(=O)c2cc(N)cc(Br)c2)CC1. The third kappa shape index (κ3) is 3.54. The van der Waals surface area contributed by atoms with Crippen LogP contribution in [0, 0.1) is 5.92 Å². The zero-order chi connectivity index (χ0) is 14.7. The first-order valence-corrected chi connectivity index (χ1v) is 8.13. The van der Waals surface area contributed by atoms with Crippen molar-refractivity contribution in [1.29, 1.82) is 0 Å². The quantitative estimate of drug-likeness (QED) is 0.844. The van der Waals surface area contributed by atoms with Crippen LogP contribution in [0.25, 0.3) is 0 Å². The predicted octanol–water partition coefficient (Wildman–Crippen LogP) is 4.07. The molecule has 1 saturated carbocycles. The molecule has 0 spiro atoms. The van der Waals surface area contributed by atoms with Gasteiger partial charge in [-0.3, -0.25) is 4.79 Å². The number of amides is 1. The first kappa shape index (κ1) is 15.4. The van der Waals surface area contributed by atoms with E-state index < -0.39 is 0 Å². The zero-order valence-electron chi connectivity index (χ0n) is 12.2. The Morgan fingerprint density at radius 1 is 1.30 bits per heavy atom. The molecule has 0 heterocycles. The van der Waals surface area contributed by atoms with Crippen LogP contribution in [-0.2, 0) is 0 Å². The van der Waals surface area contributed by atoms with Gasteiger partial charge in [-0.2, -0.15) is 0 Å². The number of nitrogens with zero attached hydrogens (tertiary/aromatic N) is 1. The molecule has 1 aromatic rings. The van der Waals surface area contributed by atoms with Crippen molar-refractivity contribution in [3.63, 3.8) is 0 Å². The van der Waals surface area contributed by atoms with E-state index in [4.69, 9.17) is 5.73 Å². The predicted molar refractivity (Wildman–Crippen MR) is 86.7 cm³/mol. The molecule has 20 heavy (non-hydrogen) atoms. The van der Waals surface area contributed by atoms with Gasteiger partial charge in [0.05, 0.1) is 0 Å². The van der Waals surface area contributed by atoms with Gasteiger partial charge in [0.25, 0.3) is 5.91 Å². The lowest BCUT2D eigenvalue weighted by molar-refractivity contribution is 0.0674. The van der Waals surface area contributed by atoms with Gasteiger partial charge < -0.3 is 10.6 Å². The molecule has 4 heteroatoms. The number of rotatable bonds is 3. The second kappa shape index (κ2) is 6.61. The van der Waals surface area contributed by atoms with Crippen LogP contribution in [0.3, 0.4) is 0 Å². The van der Waals surface area contributed by atoms with E-state index >= 15 is 0 Å². The van der Waals surface area contributed by atoms with E-state index in [0.717, 1.165) is 23.2 Å². The molecule has 1 fully saturated rings. The summed E-state index contributed by atoms with van der Waals surface area (Å²) < 4.78 is 0.851. The Kier molecular flexibility index (Phi) is 5.08. The van der Waals surface area contributed by atoms with Gasteiger partial charge >= 0.3 is 0 Å². The van der Waals surface area contributed by atoms with Crippen LogP contribution in [0.15, 0.2) is 22.7 Å². The molecule has 1 aliphatic carbocycles. The zero-order valence-corrected chi connectivity index (χ0v) is 13.8. The average molecular weight is 339 g/mol. The van der Waals surface area contributed by atoms with Crippen molar-refractivity contribution in [2.75, 3.05) is 12.8 Å². The van der Waals surface area contributed by atoms with E-state index in [-0.39, 0.29) is 5.91 Å². The maximum atomic E-state index is 12.5. The summed E-state index contributed by atoms with van der Waals surface area (Å²) in [5.74, 6) is 0.911. The Balaban J connectivity index is 2.05. The Bertz CT molecular complexity index is 461. The minimum atomic E-state index is 0.0675. The third-order valence-corrected chi connectivity index (χ3v) is 4.89. The number of nitrogens with two attached hydrogens (primary N) is 1. The molecule has 0 aliphatic heterocycles. The number of carbonyl (C=O) groups excluding carboxylic acids is 1.